The molecule has 0 nitrogen and oxygen atoms in total. The highest BCUT2D eigenvalue weighted by molar-refractivity contribution is 8.03. The quantitative estimate of drug-likeness (QED) is 0.226. The second-order valence-corrected chi connectivity index (χ2v) is 11.0. The van der Waals surface area contributed by atoms with Gasteiger partial charge >= 0.3 is 0 Å². The highest BCUT2D eigenvalue weighted by Crippen LogP contribution is 2.47. The Kier molecular flexibility index (Phi) is 6.80. The predicted octanol–water partition coefficient (Wildman–Crippen LogP) is 10.7. The van der Waals surface area contributed by atoms with Gasteiger partial charge in [-0.25, -0.2) is 0 Å². The van der Waals surface area contributed by atoms with Crippen LogP contribution in [0.3, 0.4) is 0 Å². The molecule has 0 N–H and O–H groups in total. The van der Waals surface area contributed by atoms with Crippen LogP contribution in [0.2, 0.25) is 0 Å². The van der Waals surface area contributed by atoms with E-state index < -0.39 is 0 Å². The van der Waals surface area contributed by atoms with Gasteiger partial charge in [0.15, 0.2) is 0 Å². The summed E-state index contributed by atoms with van der Waals surface area (Å²) in [6, 6.07) is 41.5. The molecule has 0 saturated carbocycles. The molecule has 0 bridgehead atoms. The molecule has 0 heterocycles. The summed E-state index contributed by atoms with van der Waals surface area (Å²) in [6.07, 6.45) is 9.18. The van der Waals surface area contributed by atoms with Crippen LogP contribution in [0.15, 0.2) is 153 Å². The van der Waals surface area contributed by atoms with Crippen LogP contribution >= 0.6 is 23.5 Å². The average Bonchev–Trinajstić information content (AvgIpc) is 2.93. The van der Waals surface area contributed by atoms with Crippen molar-refractivity contribution in [2.24, 2.45) is 0 Å². The van der Waals surface area contributed by atoms with E-state index in [0.717, 1.165) is 12.8 Å². The molecule has 0 spiro atoms. The zero-order chi connectivity index (χ0) is 24.2. The van der Waals surface area contributed by atoms with Gasteiger partial charge in [0.25, 0.3) is 0 Å². The second kappa shape index (κ2) is 10.7. The molecule has 0 radical (unpaired) electrons. The molecular weight excluding hydrogens is 473 g/mol. The molecule has 36 heavy (non-hydrogen) atoms. The van der Waals surface area contributed by atoms with Crippen molar-refractivity contribution in [3.05, 3.63) is 138 Å². The molecule has 1 aliphatic carbocycles. The zero-order valence-electron chi connectivity index (χ0n) is 19.9. The Hall–Kier alpha value is -3.46. The fraction of sp³-hybridized carbons (Fsp3) is 0.0588. The van der Waals surface area contributed by atoms with E-state index in [1.807, 2.05) is 23.5 Å². The lowest BCUT2D eigenvalue weighted by atomic mass is 10.00. The molecule has 2 heteroatoms. The van der Waals surface area contributed by atoms with E-state index in [2.05, 4.69) is 133 Å². The molecule has 1 aliphatic rings. The summed E-state index contributed by atoms with van der Waals surface area (Å²) in [6.45, 7) is 0. The lowest BCUT2D eigenvalue weighted by Gasteiger charge is -2.17. The molecule has 0 aromatic heterocycles. The Bertz CT molecular complexity index is 1660. The highest BCUT2D eigenvalue weighted by atomic mass is 32.2. The predicted molar refractivity (Wildman–Crippen MR) is 159 cm³/mol. The summed E-state index contributed by atoms with van der Waals surface area (Å²) in [5.41, 5.74) is 0. The second-order valence-electron chi connectivity index (χ2n) is 8.82. The highest BCUT2D eigenvalue weighted by Gasteiger charge is 2.17. The van der Waals surface area contributed by atoms with Gasteiger partial charge in [0.1, 0.15) is 0 Å². The number of hydrogen-bond acceptors (Lipinski definition) is 2. The zero-order valence-corrected chi connectivity index (χ0v) is 21.6. The Balaban J connectivity index is 1.76. The minimum absolute atomic E-state index is 1.10. The first-order valence-corrected chi connectivity index (χ1v) is 14.0. The van der Waals surface area contributed by atoms with Gasteiger partial charge in [-0.2, -0.15) is 0 Å². The van der Waals surface area contributed by atoms with Crippen LogP contribution < -0.4 is 0 Å². The van der Waals surface area contributed by atoms with Crippen molar-refractivity contribution in [2.75, 3.05) is 0 Å². The third-order valence-corrected chi connectivity index (χ3v) is 8.71. The minimum Gasteiger partial charge on any atom is -0.0891 e. The van der Waals surface area contributed by atoms with Crippen molar-refractivity contribution in [2.45, 2.75) is 27.5 Å². The van der Waals surface area contributed by atoms with Crippen LogP contribution in [-0.2, 0) is 0 Å². The summed E-state index contributed by atoms with van der Waals surface area (Å²) in [4.78, 5) is 5.19. The molecule has 5 aromatic rings. The van der Waals surface area contributed by atoms with Crippen molar-refractivity contribution in [1.29, 1.82) is 0 Å². The third-order valence-electron chi connectivity index (χ3n) is 6.38. The Morgan fingerprint density at radius 1 is 0.472 bits per heavy atom. The molecule has 0 aliphatic heterocycles. The number of allylic oxidation sites excluding steroid dienone is 3. The normalized spacial score (nSPS) is 13.1. The van der Waals surface area contributed by atoms with Crippen molar-refractivity contribution >= 4 is 55.8 Å². The van der Waals surface area contributed by atoms with Crippen molar-refractivity contribution in [3.8, 4) is 0 Å². The Morgan fingerprint density at radius 3 is 1.61 bits per heavy atom. The van der Waals surface area contributed by atoms with Gasteiger partial charge in [-0.15, -0.1) is 0 Å². The van der Waals surface area contributed by atoms with Crippen LogP contribution in [0.1, 0.15) is 12.8 Å². The molecule has 6 rings (SSSR count). The molecule has 0 unspecified atom stereocenters. The molecule has 0 fully saturated rings. The summed E-state index contributed by atoms with van der Waals surface area (Å²) >= 11 is 3.76. The van der Waals surface area contributed by atoms with Crippen molar-refractivity contribution in [3.63, 3.8) is 0 Å². The molecular formula is C34H26S2. The lowest BCUT2D eigenvalue weighted by molar-refractivity contribution is 1.03. The number of hydrogen-bond donors (Lipinski definition) is 0. The van der Waals surface area contributed by atoms with E-state index in [4.69, 9.17) is 0 Å². The van der Waals surface area contributed by atoms with E-state index >= 15 is 0 Å². The van der Waals surface area contributed by atoms with Crippen LogP contribution in [0, 0.1) is 0 Å². The number of rotatable bonds is 4. The summed E-state index contributed by atoms with van der Waals surface area (Å²) in [5, 5.41) is 7.71. The summed E-state index contributed by atoms with van der Waals surface area (Å²) in [7, 11) is 0. The molecule has 0 amide bonds. The molecule has 5 aromatic carbocycles. The van der Waals surface area contributed by atoms with Gasteiger partial charge in [-0.05, 0) is 69.4 Å². The maximum Gasteiger partial charge on any atom is 0.0280 e. The minimum atomic E-state index is 1.10. The van der Waals surface area contributed by atoms with Crippen LogP contribution in [0.25, 0.3) is 32.3 Å². The van der Waals surface area contributed by atoms with E-state index in [-0.39, 0.29) is 0 Å². The van der Waals surface area contributed by atoms with E-state index in [1.54, 1.807) is 0 Å². The summed E-state index contributed by atoms with van der Waals surface area (Å²) < 4.78 is 0. The summed E-state index contributed by atoms with van der Waals surface area (Å²) in [5.74, 6) is 0. The first-order valence-electron chi connectivity index (χ1n) is 12.3. The topological polar surface area (TPSA) is 0 Å². The van der Waals surface area contributed by atoms with Gasteiger partial charge < -0.3 is 0 Å². The maximum atomic E-state index is 2.39. The van der Waals surface area contributed by atoms with E-state index in [0.29, 0.717) is 0 Å². The number of fused-ring (bicyclic) bond motifs is 3. The smallest absolute Gasteiger partial charge is 0.0280 e. The van der Waals surface area contributed by atoms with Gasteiger partial charge in [-0.3, -0.25) is 0 Å². The van der Waals surface area contributed by atoms with Crippen LogP contribution in [0.4, 0.5) is 0 Å². The monoisotopic (exact) mass is 498 g/mol. The maximum absolute atomic E-state index is 2.39. The Labute approximate surface area is 221 Å². The first-order chi connectivity index (χ1) is 17.9. The SMILES string of the molecule is C1=CC(Sc2c3ccccccccc3c(Sc3ccccc3)c3cc4ccccc4cc23)=CCC1. The molecule has 0 saturated heterocycles. The van der Waals surface area contributed by atoms with Crippen LogP contribution in [0.5, 0.6) is 0 Å². The molecule has 0 atom stereocenters. The van der Waals surface area contributed by atoms with Crippen molar-refractivity contribution in [1.82, 2.24) is 0 Å². The number of thioether (sulfide) groups is 1. The molecule has 174 valence electrons. The van der Waals surface area contributed by atoms with Crippen molar-refractivity contribution < 1.29 is 0 Å². The Morgan fingerprint density at radius 2 is 1.00 bits per heavy atom. The van der Waals surface area contributed by atoms with Gasteiger partial charge in [0.2, 0.25) is 0 Å². The average molecular weight is 499 g/mol. The van der Waals surface area contributed by atoms with Gasteiger partial charge in [-0.1, -0.05) is 133 Å². The lowest BCUT2D eigenvalue weighted by Crippen LogP contribution is -1.89. The van der Waals surface area contributed by atoms with E-state index in [1.165, 1.54) is 51.9 Å². The fourth-order valence-electron chi connectivity index (χ4n) is 4.65. The first kappa shape index (κ1) is 23.0. The third kappa shape index (κ3) is 4.80. The fourth-order valence-corrected chi connectivity index (χ4v) is 6.91. The number of benzene rings is 4. The van der Waals surface area contributed by atoms with Crippen LogP contribution in [-0.4, -0.2) is 0 Å². The van der Waals surface area contributed by atoms with Gasteiger partial charge in [0, 0.05) is 19.6 Å². The van der Waals surface area contributed by atoms with Gasteiger partial charge in [0.05, 0.1) is 0 Å². The standard InChI is InChI=1S/C34H26S2/c1-2-4-12-22-30-29(21-11-3-1)33(35-27-17-7-5-8-18-27)31-23-25-15-13-14-16-26(25)24-32(31)34(30)36-28-19-9-6-10-20-28/h1-5,7-9,11-24H,6,10H2. The van der Waals surface area contributed by atoms with E-state index in [9.17, 15) is 0 Å². The largest absolute Gasteiger partial charge is 0.0891 e.